The number of ether oxygens (including phenoxy) is 2. The maximum absolute atomic E-state index is 12.9. The lowest BCUT2D eigenvalue weighted by Gasteiger charge is -2.37. The third-order valence-electron chi connectivity index (χ3n) is 4.78. The lowest BCUT2D eigenvalue weighted by Crippen LogP contribution is -2.54. The van der Waals surface area contributed by atoms with E-state index in [1.54, 1.807) is 45.0 Å². The van der Waals surface area contributed by atoms with Gasteiger partial charge in [-0.05, 0) is 51.1 Å². The number of amides is 2. The second-order valence-corrected chi connectivity index (χ2v) is 7.44. The molecule has 0 bridgehead atoms. The van der Waals surface area contributed by atoms with Crippen molar-refractivity contribution in [3.8, 4) is 11.5 Å². The fourth-order valence-corrected chi connectivity index (χ4v) is 3.23. The van der Waals surface area contributed by atoms with Crippen molar-refractivity contribution in [3.05, 3.63) is 35.9 Å². The zero-order valence-corrected chi connectivity index (χ0v) is 16.2. The Balaban J connectivity index is 1.65. The fraction of sp³-hybridized carbons (Fsp3) is 0.300. The van der Waals surface area contributed by atoms with Crippen LogP contribution in [0, 0.1) is 0 Å². The number of aromatic nitrogens is 1. The molecule has 0 saturated carbocycles. The molecular weight excluding hydrogens is 376 g/mol. The molecule has 2 aliphatic heterocycles. The fourth-order valence-electron chi connectivity index (χ4n) is 3.23. The summed E-state index contributed by atoms with van der Waals surface area (Å²) in [5.41, 5.74) is 5.34. The molecule has 3 heterocycles. The quantitative estimate of drug-likeness (QED) is 0.758. The highest BCUT2D eigenvalue weighted by atomic mass is 16.5. The third-order valence-corrected chi connectivity index (χ3v) is 4.78. The number of hydrogen-bond donors (Lipinski definition) is 2. The van der Waals surface area contributed by atoms with Gasteiger partial charge in [0.15, 0.2) is 29.1 Å². The number of anilines is 3. The topological polar surface area (TPSA) is 124 Å². The lowest BCUT2D eigenvalue weighted by molar-refractivity contribution is -0.132. The van der Waals surface area contributed by atoms with E-state index in [4.69, 9.17) is 15.2 Å². The molecule has 0 spiro atoms. The summed E-state index contributed by atoms with van der Waals surface area (Å²) < 4.78 is 11.2. The van der Waals surface area contributed by atoms with Gasteiger partial charge in [-0.25, -0.2) is 4.98 Å². The molecule has 0 radical (unpaired) electrons. The molecule has 4 rings (SSSR count). The van der Waals surface area contributed by atoms with Crippen LogP contribution in [0.1, 0.15) is 31.1 Å². The minimum Gasteiger partial charge on any atom is -0.479 e. The first-order valence-corrected chi connectivity index (χ1v) is 9.08. The van der Waals surface area contributed by atoms with E-state index in [1.807, 2.05) is 0 Å². The highest BCUT2D eigenvalue weighted by Gasteiger charge is 2.42. The first-order chi connectivity index (χ1) is 13.7. The Morgan fingerprint density at radius 3 is 2.72 bits per heavy atom. The van der Waals surface area contributed by atoms with E-state index in [0.29, 0.717) is 22.7 Å². The molecule has 9 heteroatoms. The van der Waals surface area contributed by atoms with Crippen LogP contribution in [0.3, 0.4) is 0 Å². The lowest BCUT2D eigenvalue weighted by atomic mass is 10.0. The Kier molecular flexibility index (Phi) is 4.18. The molecule has 1 atom stereocenters. The molecule has 150 valence electrons. The van der Waals surface area contributed by atoms with E-state index in [-0.39, 0.29) is 29.9 Å². The van der Waals surface area contributed by atoms with Crippen molar-refractivity contribution in [3.63, 3.8) is 0 Å². The zero-order chi connectivity index (χ0) is 20.9. The van der Waals surface area contributed by atoms with Crippen LogP contribution in [0.15, 0.2) is 30.3 Å². The Morgan fingerprint density at radius 1 is 1.24 bits per heavy atom. The number of pyridine rings is 1. The van der Waals surface area contributed by atoms with Gasteiger partial charge in [0.2, 0.25) is 0 Å². The zero-order valence-electron chi connectivity index (χ0n) is 16.2. The van der Waals surface area contributed by atoms with Crippen molar-refractivity contribution in [2.45, 2.75) is 32.5 Å². The molecule has 2 aliphatic rings. The Hall–Kier alpha value is -3.62. The van der Waals surface area contributed by atoms with Crippen molar-refractivity contribution in [2.24, 2.45) is 0 Å². The van der Waals surface area contributed by atoms with Gasteiger partial charge in [0.1, 0.15) is 11.6 Å². The first-order valence-electron chi connectivity index (χ1n) is 9.08. The van der Waals surface area contributed by atoms with Crippen LogP contribution in [0.5, 0.6) is 11.5 Å². The van der Waals surface area contributed by atoms with Crippen molar-refractivity contribution in [2.75, 3.05) is 22.5 Å². The van der Waals surface area contributed by atoms with Gasteiger partial charge in [-0.15, -0.1) is 0 Å². The third kappa shape index (κ3) is 3.24. The van der Waals surface area contributed by atoms with Crippen molar-refractivity contribution in [1.82, 2.24) is 4.98 Å². The summed E-state index contributed by atoms with van der Waals surface area (Å²) in [6, 6.07) is 7.93. The average molecular weight is 396 g/mol. The highest BCUT2D eigenvalue weighted by molar-refractivity contribution is 6.09. The number of nitrogens with two attached hydrogens (primary N) is 1. The van der Waals surface area contributed by atoms with Crippen LogP contribution >= 0.6 is 0 Å². The van der Waals surface area contributed by atoms with Gasteiger partial charge < -0.3 is 20.5 Å². The van der Waals surface area contributed by atoms with Crippen LogP contribution in [0.4, 0.5) is 17.3 Å². The summed E-state index contributed by atoms with van der Waals surface area (Å²) in [7, 11) is 0. The standard InChI is InChI=1S/C20H20N4O5/c1-10-18(26)22-12-8-11(4-5-14(12)28-10)13(25)9-24-17-15(6-7-16(21)23-17)29-20(2,3)19(24)27/h4-8,10H,9H2,1-3H3,(H2,21,23)(H,22,26). The SMILES string of the molecule is CC1Oc2ccc(C(=O)CN3C(=O)C(C)(C)Oc4ccc(N)nc43)cc2NC1=O. The molecule has 1 aromatic heterocycles. The molecule has 2 aromatic rings. The minimum absolute atomic E-state index is 0.200. The van der Waals surface area contributed by atoms with Crippen LogP contribution in [0.2, 0.25) is 0 Å². The van der Waals surface area contributed by atoms with E-state index < -0.39 is 17.6 Å². The van der Waals surface area contributed by atoms with Crippen molar-refractivity contribution < 1.29 is 23.9 Å². The number of benzene rings is 1. The number of ketones is 1. The normalized spacial score (nSPS) is 19.4. The van der Waals surface area contributed by atoms with Gasteiger partial charge >= 0.3 is 0 Å². The van der Waals surface area contributed by atoms with Gasteiger partial charge in [-0.3, -0.25) is 19.3 Å². The van der Waals surface area contributed by atoms with E-state index in [9.17, 15) is 14.4 Å². The number of nitrogens with zero attached hydrogens (tertiary/aromatic N) is 2. The molecule has 0 fully saturated rings. The van der Waals surface area contributed by atoms with E-state index in [0.717, 1.165) is 0 Å². The summed E-state index contributed by atoms with van der Waals surface area (Å²) in [6.45, 7) is 4.64. The number of hydrogen-bond acceptors (Lipinski definition) is 7. The van der Waals surface area contributed by atoms with Gasteiger partial charge in [0, 0.05) is 5.56 Å². The molecule has 1 unspecified atom stereocenters. The molecule has 9 nitrogen and oxygen atoms in total. The smallest absolute Gasteiger partial charge is 0.272 e. The molecule has 2 amide bonds. The first kappa shape index (κ1) is 18.7. The molecule has 0 saturated heterocycles. The van der Waals surface area contributed by atoms with Gasteiger partial charge in [0.05, 0.1) is 12.2 Å². The largest absolute Gasteiger partial charge is 0.479 e. The summed E-state index contributed by atoms with van der Waals surface area (Å²) in [4.78, 5) is 43.1. The number of rotatable bonds is 3. The number of nitrogen functional groups attached to an aromatic ring is 1. The molecule has 29 heavy (non-hydrogen) atoms. The maximum atomic E-state index is 12.9. The monoisotopic (exact) mass is 396 g/mol. The van der Waals surface area contributed by atoms with Gasteiger partial charge in [0.25, 0.3) is 11.8 Å². The summed E-state index contributed by atoms with van der Waals surface area (Å²) in [5, 5.41) is 2.71. The summed E-state index contributed by atoms with van der Waals surface area (Å²) in [6.07, 6.45) is -0.606. The summed E-state index contributed by atoms with van der Waals surface area (Å²) >= 11 is 0. The Bertz CT molecular complexity index is 1050. The van der Waals surface area contributed by atoms with Crippen LogP contribution in [0.25, 0.3) is 0 Å². The van der Waals surface area contributed by atoms with Crippen molar-refractivity contribution >= 4 is 34.9 Å². The molecule has 0 aliphatic carbocycles. The number of Topliss-reactive ketones (excluding diaryl/α,β-unsaturated/α-hetero) is 1. The van der Waals surface area contributed by atoms with E-state index in [1.165, 1.54) is 11.0 Å². The highest BCUT2D eigenvalue weighted by Crippen LogP contribution is 2.37. The summed E-state index contributed by atoms with van der Waals surface area (Å²) in [5.74, 6) is 0.238. The predicted octanol–water partition coefficient (Wildman–Crippen LogP) is 1.77. The predicted molar refractivity (Wildman–Crippen MR) is 105 cm³/mol. The average Bonchev–Trinajstić information content (AvgIpc) is 2.66. The van der Waals surface area contributed by atoms with E-state index in [2.05, 4.69) is 10.3 Å². The Labute approximate surface area is 166 Å². The number of nitrogens with one attached hydrogen (secondary N) is 1. The molecular formula is C20H20N4O5. The Morgan fingerprint density at radius 2 is 1.97 bits per heavy atom. The van der Waals surface area contributed by atoms with Gasteiger partial charge in [-0.2, -0.15) is 0 Å². The van der Waals surface area contributed by atoms with E-state index >= 15 is 0 Å². The minimum atomic E-state index is -1.15. The number of fused-ring (bicyclic) bond motifs is 2. The second kappa shape index (κ2) is 6.47. The van der Waals surface area contributed by atoms with Gasteiger partial charge in [-0.1, -0.05) is 0 Å². The van der Waals surface area contributed by atoms with Crippen molar-refractivity contribution in [1.29, 1.82) is 0 Å². The number of carbonyl (C=O) groups excluding carboxylic acids is 3. The molecule has 3 N–H and O–H groups in total. The van der Waals surface area contributed by atoms with Crippen LogP contribution in [-0.4, -0.2) is 40.8 Å². The maximum Gasteiger partial charge on any atom is 0.272 e. The van der Waals surface area contributed by atoms with Crippen LogP contribution in [-0.2, 0) is 9.59 Å². The van der Waals surface area contributed by atoms with Crippen LogP contribution < -0.4 is 25.4 Å². The molecule has 1 aromatic carbocycles. The number of carbonyl (C=O) groups is 3. The second-order valence-electron chi connectivity index (χ2n) is 7.44.